The van der Waals surface area contributed by atoms with Crippen LogP contribution in [0.2, 0.25) is 0 Å². The molecule has 0 saturated carbocycles. The summed E-state index contributed by atoms with van der Waals surface area (Å²) in [5, 5.41) is 9.00. The van der Waals surface area contributed by atoms with Gasteiger partial charge in [-0.1, -0.05) is 18.7 Å². The predicted octanol–water partition coefficient (Wildman–Crippen LogP) is 2.46. The number of rotatable bonds is 3. The van der Waals surface area contributed by atoms with Crippen molar-refractivity contribution in [3.63, 3.8) is 0 Å². The maximum atomic E-state index is 11.9. The number of nitrogens with zero attached hydrogens (tertiary/aromatic N) is 1. The van der Waals surface area contributed by atoms with Crippen LogP contribution >= 0.6 is 0 Å². The molecule has 0 fully saturated rings. The Morgan fingerprint density at radius 1 is 1.40 bits per heavy atom. The summed E-state index contributed by atoms with van der Waals surface area (Å²) in [6, 6.07) is 5.04. The van der Waals surface area contributed by atoms with Gasteiger partial charge in [-0.25, -0.2) is 9.59 Å². The number of amides is 1. The van der Waals surface area contributed by atoms with Crippen molar-refractivity contribution in [2.75, 3.05) is 13.2 Å². The van der Waals surface area contributed by atoms with Gasteiger partial charge < -0.3 is 14.7 Å². The van der Waals surface area contributed by atoms with Gasteiger partial charge in [0.2, 0.25) is 0 Å². The Bertz CT molecular complexity index is 539. The minimum Gasteiger partial charge on any atom is -0.478 e. The van der Waals surface area contributed by atoms with Gasteiger partial charge in [0.1, 0.15) is 6.61 Å². The van der Waals surface area contributed by atoms with Gasteiger partial charge in [0, 0.05) is 13.1 Å². The summed E-state index contributed by atoms with van der Waals surface area (Å²) in [6.45, 7) is 4.76. The Kier molecular flexibility index (Phi) is 4.40. The number of aromatic carboxylic acids is 1. The molecule has 0 saturated heterocycles. The fourth-order valence-corrected chi connectivity index (χ4v) is 2.27. The highest BCUT2D eigenvalue weighted by molar-refractivity contribution is 5.88. The first-order valence-electron chi connectivity index (χ1n) is 6.49. The van der Waals surface area contributed by atoms with E-state index in [4.69, 9.17) is 9.84 Å². The van der Waals surface area contributed by atoms with E-state index in [1.54, 1.807) is 23.1 Å². The average molecular weight is 275 g/mol. The Hall–Kier alpha value is -2.30. The number of aryl methyl sites for hydroxylation is 1. The molecule has 1 amide bonds. The molecule has 0 unspecified atom stereocenters. The molecule has 1 heterocycles. The lowest BCUT2D eigenvalue weighted by Gasteiger charge is -2.19. The van der Waals surface area contributed by atoms with E-state index < -0.39 is 5.97 Å². The van der Waals surface area contributed by atoms with E-state index in [2.05, 4.69) is 6.58 Å². The maximum Gasteiger partial charge on any atom is 0.410 e. The molecule has 5 heteroatoms. The minimum absolute atomic E-state index is 0.195. The molecule has 0 atom stereocenters. The highest BCUT2D eigenvalue weighted by Gasteiger charge is 2.20. The van der Waals surface area contributed by atoms with Gasteiger partial charge in [-0.2, -0.15) is 0 Å². The summed E-state index contributed by atoms with van der Waals surface area (Å²) >= 11 is 0. The summed E-state index contributed by atoms with van der Waals surface area (Å²) in [7, 11) is 0. The smallest absolute Gasteiger partial charge is 0.410 e. The average Bonchev–Trinajstić information content (AvgIpc) is 2.65. The zero-order valence-corrected chi connectivity index (χ0v) is 11.2. The van der Waals surface area contributed by atoms with Crippen LogP contribution in [0.3, 0.4) is 0 Å². The summed E-state index contributed by atoms with van der Waals surface area (Å²) < 4.78 is 5.04. The Morgan fingerprint density at radius 3 is 2.90 bits per heavy atom. The van der Waals surface area contributed by atoms with Crippen LogP contribution in [-0.4, -0.2) is 35.2 Å². The molecule has 0 bridgehead atoms. The molecular weight excluding hydrogens is 258 g/mol. The fraction of sp³-hybridized carbons (Fsp3) is 0.333. The van der Waals surface area contributed by atoms with Crippen LogP contribution < -0.4 is 0 Å². The van der Waals surface area contributed by atoms with Crippen molar-refractivity contribution in [3.05, 3.63) is 47.5 Å². The number of carbonyl (C=O) groups is 2. The Morgan fingerprint density at radius 2 is 2.20 bits per heavy atom. The maximum absolute atomic E-state index is 11.9. The van der Waals surface area contributed by atoms with Gasteiger partial charge in [0.25, 0.3) is 0 Å². The quantitative estimate of drug-likeness (QED) is 0.860. The van der Waals surface area contributed by atoms with E-state index >= 15 is 0 Å². The van der Waals surface area contributed by atoms with E-state index in [1.807, 2.05) is 0 Å². The molecule has 1 aliphatic rings. The van der Waals surface area contributed by atoms with Crippen LogP contribution in [0.5, 0.6) is 0 Å². The highest BCUT2D eigenvalue weighted by atomic mass is 16.6. The third kappa shape index (κ3) is 3.17. The number of carboxylic acid groups (broad SMARTS) is 1. The van der Waals surface area contributed by atoms with E-state index in [-0.39, 0.29) is 18.3 Å². The molecule has 5 nitrogen and oxygen atoms in total. The number of benzene rings is 1. The van der Waals surface area contributed by atoms with Gasteiger partial charge in [-0.15, -0.1) is 0 Å². The number of hydrogen-bond acceptors (Lipinski definition) is 3. The molecule has 1 aromatic rings. The van der Waals surface area contributed by atoms with Crippen molar-refractivity contribution < 1.29 is 19.4 Å². The van der Waals surface area contributed by atoms with Crippen molar-refractivity contribution >= 4 is 12.1 Å². The Balaban J connectivity index is 2.16. The van der Waals surface area contributed by atoms with E-state index in [9.17, 15) is 9.59 Å². The topological polar surface area (TPSA) is 66.8 Å². The molecule has 0 radical (unpaired) electrons. The normalized spacial score (nSPS) is 14.1. The number of carboxylic acids is 1. The standard InChI is InChI=1S/C15H17NO4/c1-2-8-20-15(19)16-7-3-4-11-9-12(14(17)18)5-6-13(11)10-16/h2,5-6,9H,1,3-4,7-8,10H2,(H,17,18). The van der Waals surface area contributed by atoms with Gasteiger partial charge >= 0.3 is 12.1 Å². The summed E-state index contributed by atoms with van der Waals surface area (Å²) in [5.74, 6) is -0.931. The molecule has 0 aliphatic carbocycles. The molecule has 0 aromatic heterocycles. The monoisotopic (exact) mass is 275 g/mol. The van der Waals surface area contributed by atoms with Gasteiger partial charge in [0.05, 0.1) is 5.56 Å². The van der Waals surface area contributed by atoms with Gasteiger partial charge in [-0.3, -0.25) is 0 Å². The molecule has 1 N–H and O–H groups in total. The Labute approximate surface area is 117 Å². The predicted molar refractivity (Wildman–Crippen MR) is 73.7 cm³/mol. The zero-order chi connectivity index (χ0) is 14.5. The molecule has 20 heavy (non-hydrogen) atoms. The largest absolute Gasteiger partial charge is 0.478 e. The van der Waals surface area contributed by atoms with E-state index in [0.717, 1.165) is 24.0 Å². The first-order valence-corrected chi connectivity index (χ1v) is 6.49. The third-order valence-electron chi connectivity index (χ3n) is 3.27. The lowest BCUT2D eigenvalue weighted by Crippen LogP contribution is -2.31. The molecule has 106 valence electrons. The number of fused-ring (bicyclic) bond motifs is 1. The van der Waals surface area contributed by atoms with Gasteiger partial charge in [-0.05, 0) is 36.1 Å². The zero-order valence-electron chi connectivity index (χ0n) is 11.2. The first kappa shape index (κ1) is 14.1. The van der Waals surface area contributed by atoms with Crippen LogP contribution in [0.1, 0.15) is 27.9 Å². The number of carbonyl (C=O) groups excluding carboxylic acids is 1. The van der Waals surface area contributed by atoms with Crippen molar-refractivity contribution in [1.29, 1.82) is 0 Å². The molecule has 0 spiro atoms. The SMILES string of the molecule is C=CCOC(=O)N1CCCc2cc(C(=O)O)ccc2C1. The lowest BCUT2D eigenvalue weighted by molar-refractivity contribution is 0.0696. The highest BCUT2D eigenvalue weighted by Crippen LogP contribution is 2.21. The van der Waals surface area contributed by atoms with E-state index in [0.29, 0.717) is 13.1 Å². The van der Waals surface area contributed by atoms with Crippen LogP contribution in [0.25, 0.3) is 0 Å². The van der Waals surface area contributed by atoms with Crippen LogP contribution in [0.15, 0.2) is 30.9 Å². The molecule has 2 rings (SSSR count). The second kappa shape index (κ2) is 6.23. The second-order valence-electron chi connectivity index (χ2n) is 4.68. The number of hydrogen-bond donors (Lipinski definition) is 1. The summed E-state index contributed by atoms with van der Waals surface area (Å²) in [6.07, 6.45) is 2.73. The van der Waals surface area contributed by atoms with Crippen LogP contribution in [0, 0.1) is 0 Å². The van der Waals surface area contributed by atoms with Crippen molar-refractivity contribution in [1.82, 2.24) is 4.90 Å². The lowest BCUT2D eigenvalue weighted by atomic mass is 10.0. The first-order chi connectivity index (χ1) is 9.61. The molecule has 1 aliphatic heterocycles. The van der Waals surface area contributed by atoms with Crippen LogP contribution in [0.4, 0.5) is 4.79 Å². The molecular formula is C15H17NO4. The fourth-order valence-electron chi connectivity index (χ4n) is 2.27. The summed E-state index contributed by atoms with van der Waals surface area (Å²) in [4.78, 5) is 24.5. The third-order valence-corrected chi connectivity index (χ3v) is 3.27. The number of ether oxygens (including phenoxy) is 1. The van der Waals surface area contributed by atoms with Crippen molar-refractivity contribution in [2.24, 2.45) is 0 Å². The minimum atomic E-state index is -0.931. The van der Waals surface area contributed by atoms with Gasteiger partial charge in [0.15, 0.2) is 0 Å². The van der Waals surface area contributed by atoms with Crippen molar-refractivity contribution in [2.45, 2.75) is 19.4 Å². The van der Waals surface area contributed by atoms with Crippen LogP contribution in [-0.2, 0) is 17.7 Å². The summed E-state index contributed by atoms with van der Waals surface area (Å²) in [5.41, 5.74) is 2.25. The van der Waals surface area contributed by atoms with Crippen molar-refractivity contribution in [3.8, 4) is 0 Å². The van der Waals surface area contributed by atoms with E-state index in [1.165, 1.54) is 6.08 Å². The second-order valence-corrected chi connectivity index (χ2v) is 4.68. The molecule has 1 aromatic carbocycles.